The minimum absolute atomic E-state index is 0.0954. The van der Waals surface area contributed by atoms with E-state index in [0.29, 0.717) is 17.1 Å². The highest BCUT2D eigenvalue weighted by atomic mass is 35.5. The minimum Gasteiger partial charge on any atom is -0.467 e. The van der Waals surface area contributed by atoms with Crippen LogP contribution in [0.3, 0.4) is 0 Å². The fourth-order valence-corrected chi connectivity index (χ4v) is 2.44. The molecular formula is C19H16ClNO2. The smallest absolute Gasteiger partial charge is 0.258 e. The second kappa shape index (κ2) is 6.71. The maximum Gasteiger partial charge on any atom is 0.258 e. The fourth-order valence-electron chi connectivity index (χ4n) is 2.31. The van der Waals surface area contributed by atoms with E-state index in [4.69, 9.17) is 16.0 Å². The van der Waals surface area contributed by atoms with Gasteiger partial charge in [0.25, 0.3) is 5.91 Å². The lowest BCUT2D eigenvalue weighted by atomic mass is 10.1. The summed E-state index contributed by atoms with van der Waals surface area (Å²) in [7, 11) is 0. The number of hydrogen-bond acceptors (Lipinski definition) is 2. The van der Waals surface area contributed by atoms with Gasteiger partial charge in [-0.25, -0.2) is 0 Å². The second-order valence-electron chi connectivity index (χ2n) is 5.31. The van der Waals surface area contributed by atoms with Gasteiger partial charge in [-0.2, -0.15) is 0 Å². The maximum atomic E-state index is 12.9. The molecule has 1 heterocycles. The van der Waals surface area contributed by atoms with Gasteiger partial charge in [0.1, 0.15) is 5.76 Å². The Bertz CT molecular complexity index is 777. The van der Waals surface area contributed by atoms with Crippen molar-refractivity contribution in [2.45, 2.75) is 13.5 Å². The largest absolute Gasteiger partial charge is 0.467 e. The summed E-state index contributed by atoms with van der Waals surface area (Å²) in [5, 5.41) is 0.606. The van der Waals surface area contributed by atoms with Gasteiger partial charge >= 0.3 is 0 Å². The normalized spacial score (nSPS) is 10.5. The average molecular weight is 326 g/mol. The molecule has 0 fully saturated rings. The molecule has 0 spiro atoms. The SMILES string of the molecule is Cc1ccc(N(Cc2ccco2)C(=O)c2ccc(Cl)cc2)cc1. The van der Waals surface area contributed by atoms with E-state index in [1.807, 2.05) is 43.3 Å². The van der Waals surface area contributed by atoms with Crippen molar-refractivity contribution in [1.29, 1.82) is 0 Å². The van der Waals surface area contributed by atoms with E-state index >= 15 is 0 Å². The van der Waals surface area contributed by atoms with Crippen LogP contribution in [-0.4, -0.2) is 5.91 Å². The molecule has 0 aliphatic rings. The second-order valence-corrected chi connectivity index (χ2v) is 5.75. The molecule has 0 bridgehead atoms. The lowest BCUT2D eigenvalue weighted by Gasteiger charge is -2.22. The molecule has 0 N–H and O–H groups in total. The third kappa shape index (κ3) is 3.63. The van der Waals surface area contributed by atoms with E-state index in [0.717, 1.165) is 17.0 Å². The van der Waals surface area contributed by atoms with E-state index in [-0.39, 0.29) is 5.91 Å². The monoisotopic (exact) mass is 325 g/mol. The van der Waals surface area contributed by atoms with Crippen molar-refractivity contribution in [3.63, 3.8) is 0 Å². The Labute approximate surface area is 140 Å². The maximum absolute atomic E-state index is 12.9. The summed E-state index contributed by atoms with van der Waals surface area (Å²) in [5.74, 6) is 0.634. The third-order valence-corrected chi connectivity index (χ3v) is 3.83. The first-order chi connectivity index (χ1) is 11.1. The number of nitrogens with zero attached hydrogens (tertiary/aromatic N) is 1. The summed E-state index contributed by atoms with van der Waals surface area (Å²) >= 11 is 5.91. The zero-order valence-electron chi connectivity index (χ0n) is 12.7. The van der Waals surface area contributed by atoms with Crippen molar-refractivity contribution in [1.82, 2.24) is 0 Å². The lowest BCUT2D eigenvalue weighted by Crippen LogP contribution is -2.30. The van der Waals surface area contributed by atoms with E-state index < -0.39 is 0 Å². The number of furan rings is 1. The summed E-state index contributed by atoms with van der Waals surface area (Å²) in [6.45, 7) is 2.39. The van der Waals surface area contributed by atoms with Crippen LogP contribution < -0.4 is 4.90 Å². The van der Waals surface area contributed by atoms with Gasteiger partial charge in [0, 0.05) is 16.3 Å². The topological polar surface area (TPSA) is 33.5 Å². The van der Waals surface area contributed by atoms with Gasteiger partial charge in [-0.15, -0.1) is 0 Å². The number of hydrogen-bond donors (Lipinski definition) is 0. The van der Waals surface area contributed by atoms with Crippen LogP contribution in [0.5, 0.6) is 0 Å². The highest BCUT2D eigenvalue weighted by molar-refractivity contribution is 6.30. The van der Waals surface area contributed by atoms with E-state index in [2.05, 4.69) is 0 Å². The Morgan fingerprint density at radius 1 is 1.04 bits per heavy atom. The highest BCUT2D eigenvalue weighted by Gasteiger charge is 2.19. The Balaban J connectivity index is 1.95. The molecular weight excluding hydrogens is 310 g/mol. The van der Waals surface area contributed by atoms with Gasteiger partial charge < -0.3 is 9.32 Å². The predicted octanol–water partition coefficient (Wildman–Crippen LogP) is 5.09. The molecule has 0 saturated heterocycles. The Morgan fingerprint density at radius 3 is 2.35 bits per heavy atom. The van der Waals surface area contributed by atoms with Gasteiger partial charge in [0.05, 0.1) is 12.8 Å². The Kier molecular flexibility index (Phi) is 4.49. The summed E-state index contributed by atoms with van der Waals surface area (Å²) in [4.78, 5) is 14.6. The van der Waals surface area contributed by atoms with Gasteiger partial charge in [-0.1, -0.05) is 29.3 Å². The molecule has 0 aliphatic heterocycles. The quantitative estimate of drug-likeness (QED) is 0.669. The Morgan fingerprint density at radius 2 is 1.74 bits per heavy atom. The number of carbonyl (C=O) groups excluding carboxylic acids is 1. The van der Waals surface area contributed by atoms with Crippen LogP contribution in [0.4, 0.5) is 5.69 Å². The van der Waals surface area contributed by atoms with Crippen LogP contribution in [0.15, 0.2) is 71.3 Å². The van der Waals surface area contributed by atoms with Crippen LogP contribution in [-0.2, 0) is 6.54 Å². The predicted molar refractivity (Wildman–Crippen MR) is 91.9 cm³/mol. The number of carbonyl (C=O) groups is 1. The molecule has 3 rings (SSSR count). The number of rotatable bonds is 4. The van der Waals surface area contributed by atoms with Gasteiger partial charge in [-0.05, 0) is 55.5 Å². The number of halogens is 1. The summed E-state index contributed by atoms with van der Waals surface area (Å²) in [6, 6.07) is 18.4. The minimum atomic E-state index is -0.0954. The van der Waals surface area contributed by atoms with E-state index in [9.17, 15) is 4.79 Å². The van der Waals surface area contributed by atoms with Gasteiger partial charge in [-0.3, -0.25) is 4.79 Å². The van der Waals surface area contributed by atoms with Crippen LogP contribution in [0.1, 0.15) is 21.7 Å². The molecule has 23 heavy (non-hydrogen) atoms. The number of benzene rings is 2. The molecule has 0 atom stereocenters. The average Bonchev–Trinajstić information content (AvgIpc) is 3.07. The summed E-state index contributed by atoms with van der Waals surface area (Å²) in [5.41, 5.74) is 2.55. The van der Waals surface area contributed by atoms with E-state index in [1.54, 1.807) is 35.4 Å². The van der Waals surface area contributed by atoms with Crippen molar-refractivity contribution >= 4 is 23.2 Å². The molecule has 1 amide bonds. The summed E-state index contributed by atoms with van der Waals surface area (Å²) in [6.07, 6.45) is 1.61. The van der Waals surface area contributed by atoms with Crippen LogP contribution in [0.25, 0.3) is 0 Å². The molecule has 0 saturated carbocycles. The first-order valence-electron chi connectivity index (χ1n) is 7.30. The first-order valence-corrected chi connectivity index (χ1v) is 7.68. The van der Waals surface area contributed by atoms with Crippen LogP contribution in [0.2, 0.25) is 5.02 Å². The van der Waals surface area contributed by atoms with Crippen molar-refractivity contribution in [2.75, 3.05) is 4.90 Å². The zero-order valence-corrected chi connectivity index (χ0v) is 13.5. The molecule has 0 unspecified atom stereocenters. The third-order valence-electron chi connectivity index (χ3n) is 3.58. The first kappa shape index (κ1) is 15.4. The zero-order chi connectivity index (χ0) is 16.2. The number of amides is 1. The van der Waals surface area contributed by atoms with Crippen molar-refractivity contribution in [3.8, 4) is 0 Å². The number of aryl methyl sites for hydroxylation is 1. The van der Waals surface area contributed by atoms with Gasteiger partial charge in [0.15, 0.2) is 0 Å². The fraction of sp³-hybridized carbons (Fsp3) is 0.105. The molecule has 2 aromatic carbocycles. The molecule has 3 nitrogen and oxygen atoms in total. The number of anilines is 1. The van der Waals surface area contributed by atoms with Gasteiger partial charge in [0.2, 0.25) is 0 Å². The molecule has 0 radical (unpaired) electrons. The highest BCUT2D eigenvalue weighted by Crippen LogP contribution is 2.22. The van der Waals surface area contributed by atoms with Crippen molar-refractivity contribution in [2.24, 2.45) is 0 Å². The molecule has 0 aliphatic carbocycles. The van der Waals surface area contributed by atoms with Crippen LogP contribution in [0, 0.1) is 6.92 Å². The molecule has 3 aromatic rings. The van der Waals surface area contributed by atoms with E-state index in [1.165, 1.54) is 0 Å². The summed E-state index contributed by atoms with van der Waals surface area (Å²) < 4.78 is 5.40. The molecule has 1 aromatic heterocycles. The van der Waals surface area contributed by atoms with Crippen molar-refractivity contribution < 1.29 is 9.21 Å². The van der Waals surface area contributed by atoms with Crippen LogP contribution >= 0.6 is 11.6 Å². The lowest BCUT2D eigenvalue weighted by molar-refractivity contribution is 0.0983. The van der Waals surface area contributed by atoms with Crippen molar-refractivity contribution in [3.05, 3.63) is 88.8 Å². The Hall–Kier alpha value is -2.52. The molecule has 116 valence electrons. The standard InChI is InChI=1S/C19H16ClNO2/c1-14-4-10-17(11-5-14)21(13-18-3-2-12-23-18)19(22)15-6-8-16(20)9-7-15/h2-12H,13H2,1H3. The molecule has 4 heteroatoms.